The molecule has 1 heterocycles. The van der Waals surface area contributed by atoms with Gasteiger partial charge in [0.05, 0.1) is 11.5 Å². The van der Waals surface area contributed by atoms with Gasteiger partial charge in [0, 0.05) is 16.1 Å². The van der Waals surface area contributed by atoms with Crippen LogP contribution in [0.5, 0.6) is 11.5 Å². The number of hydrogen-bond acceptors (Lipinski definition) is 6. The summed E-state index contributed by atoms with van der Waals surface area (Å²) in [5.41, 5.74) is 4.60. The smallest absolute Gasteiger partial charge is 0.285 e. The fourth-order valence-corrected chi connectivity index (χ4v) is 4.61. The fourth-order valence-electron chi connectivity index (χ4n) is 3.24. The van der Waals surface area contributed by atoms with E-state index in [0.717, 1.165) is 27.9 Å². The standard InChI is InChI=1S/C26H21ClN2O4S2/c1-2-32-22-14-17(12-13-21(22)33-16-19-10-6-7-11-20(19)27)15-23-25(31)29(26(34)35-23)28-24(30)18-8-4-3-5-9-18/h3-15H,2,16H2,1H3,(H,28,30). The van der Waals surface area contributed by atoms with Gasteiger partial charge in [0.25, 0.3) is 11.8 Å². The van der Waals surface area contributed by atoms with Crippen LogP contribution in [0.25, 0.3) is 6.08 Å². The van der Waals surface area contributed by atoms with Crippen molar-refractivity contribution < 1.29 is 19.1 Å². The molecule has 1 aliphatic heterocycles. The van der Waals surface area contributed by atoms with Crippen molar-refractivity contribution in [1.29, 1.82) is 0 Å². The average molecular weight is 525 g/mol. The second kappa shape index (κ2) is 11.4. The predicted octanol–water partition coefficient (Wildman–Crippen LogP) is 5.86. The van der Waals surface area contributed by atoms with E-state index in [0.29, 0.717) is 40.2 Å². The number of carbonyl (C=O) groups is 2. The maximum absolute atomic E-state index is 12.9. The molecule has 1 fully saturated rings. The molecule has 9 heteroatoms. The highest BCUT2D eigenvalue weighted by atomic mass is 35.5. The zero-order chi connectivity index (χ0) is 24.8. The number of carbonyl (C=O) groups excluding carboxylic acids is 2. The van der Waals surface area contributed by atoms with E-state index in [9.17, 15) is 9.59 Å². The topological polar surface area (TPSA) is 67.9 Å². The fraction of sp³-hybridized carbons (Fsp3) is 0.115. The maximum Gasteiger partial charge on any atom is 0.285 e. The lowest BCUT2D eigenvalue weighted by molar-refractivity contribution is -0.123. The summed E-state index contributed by atoms with van der Waals surface area (Å²) in [7, 11) is 0. The van der Waals surface area contributed by atoms with E-state index in [4.69, 9.17) is 33.3 Å². The Morgan fingerprint density at radius 3 is 2.54 bits per heavy atom. The zero-order valence-electron chi connectivity index (χ0n) is 18.7. The van der Waals surface area contributed by atoms with Gasteiger partial charge in [0.1, 0.15) is 6.61 Å². The van der Waals surface area contributed by atoms with Crippen LogP contribution in [0.2, 0.25) is 5.02 Å². The summed E-state index contributed by atoms with van der Waals surface area (Å²) in [5.74, 6) is 0.288. The number of halogens is 1. The molecule has 2 amide bonds. The maximum atomic E-state index is 12.9. The first kappa shape index (κ1) is 24.8. The van der Waals surface area contributed by atoms with Crippen LogP contribution in [0.1, 0.15) is 28.4 Å². The molecule has 1 N–H and O–H groups in total. The Bertz CT molecular complexity index is 1300. The molecule has 3 aromatic carbocycles. The summed E-state index contributed by atoms with van der Waals surface area (Å²) in [6.07, 6.45) is 1.70. The van der Waals surface area contributed by atoms with Crippen molar-refractivity contribution in [2.75, 3.05) is 6.61 Å². The van der Waals surface area contributed by atoms with Crippen molar-refractivity contribution >= 4 is 57.8 Å². The molecule has 1 saturated heterocycles. The Hall–Kier alpha value is -3.33. The molecule has 6 nitrogen and oxygen atoms in total. The third-order valence-electron chi connectivity index (χ3n) is 4.95. The van der Waals surface area contributed by atoms with Crippen LogP contribution in [0.15, 0.2) is 77.7 Å². The number of amides is 2. The molecule has 0 atom stereocenters. The van der Waals surface area contributed by atoms with Crippen molar-refractivity contribution in [2.24, 2.45) is 0 Å². The third-order valence-corrected chi connectivity index (χ3v) is 6.62. The molecule has 1 aliphatic rings. The third kappa shape index (κ3) is 6.03. The number of ether oxygens (including phenoxy) is 2. The molecule has 0 saturated carbocycles. The van der Waals surface area contributed by atoms with E-state index >= 15 is 0 Å². The second-order valence-corrected chi connectivity index (χ2v) is 9.43. The minimum absolute atomic E-state index is 0.246. The van der Waals surface area contributed by atoms with Gasteiger partial charge in [-0.1, -0.05) is 65.8 Å². The minimum atomic E-state index is -0.415. The van der Waals surface area contributed by atoms with E-state index in [1.54, 1.807) is 42.5 Å². The van der Waals surface area contributed by atoms with Gasteiger partial charge < -0.3 is 9.47 Å². The molecule has 35 heavy (non-hydrogen) atoms. The van der Waals surface area contributed by atoms with Crippen molar-refractivity contribution in [2.45, 2.75) is 13.5 Å². The van der Waals surface area contributed by atoms with Gasteiger partial charge in [-0.3, -0.25) is 15.0 Å². The van der Waals surface area contributed by atoms with Crippen LogP contribution in [-0.2, 0) is 11.4 Å². The molecule has 0 spiro atoms. The number of nitrogens with zero attached hydrogens (tertiary/aromatic N) is 1. The normalized spacial score (nSPS) is 14.3. The lowest BCUT2D eigenvalue weighted by atomic mass is 10.1. The van der Waals surface area contributed by atoms with E-state index in [1.807, 2.05) is 43.3 Å². The van der Waals surface area contributed by atoms with Gasteiger partial charge in [0.15, 0.2) is 15.8 Å². The van der Waals surface area contributed by atoms with Crippen LogP contribution in [0.3, 0.4) is 0 Å². The monoisotopic (exact) mass is 524 g/mol. The number of rotatable bonds is 8. The van der Waals surface area contributed by atoms with Crippen molar-refractivity contribution in [3.05, 3.63) is 99.4 Å². The van der Waals surface area contributed by atoms with Crippen molar-refractivity contribution in [3.63, 3.8) is 0 Å². The van der Waals surface area contributed by atoms with E-state index in [1.165, 1.54) is 0 Å². The molecule has 0 aromatic heterocycles. The van der Waals surface area contributed by atoms with Gasteiger partial charge in [-0.25, -0.2) is 0 Å². The number of thiocarbonyl (C=S) groups is 1. The number of hydrogen-bond donors (Lipinski definition) is 1. The summed E-state index contributed by atoms with van der Waals surface area (Å²) < 4.78 is 11.9. The largest absolute Gasteiger partial charge is 0.490 e. The van der Waals surface area contributed by atoms with Crippen LogP contribution >= 0.6 is 35.6 Å². The first-order valence-electron chi connectivity index (χ1n) is 10.7. The molecular formula is C26H21ClN2O4S2. The van der Waals surface area contributed by atoms with E-state index in [2.05, 4.69) is 5.43 Å². The van der Waals surface area contributed by atoms with Gasteiger partial charge in [-0.05, 0) is 61.1 Å². The molecular weight excluding hydrogens is 504 g/mol. The molecule has 178 valence electrons. The van der Waals surface area contributed by atoms with Crippen molar-refractivity contribution in [3.8, 4) is 11.5 Å². The summed E-state index contributed by atoms with van der Waals surface area (Å²) in [6, 6.07) is 21.5. The average Bonchev–Trinajstić information content (AvgIpc) is 3.12. The van der Waals surface area contributed by atoms with E-state index < -0.39 is 11.8 Å². The first-order valence-corrected chi connectivity index (χ1v) is 12.3. The van der Waals surface area contributed by atoms with Gasteiger partial charge >= 0.3 is 0 Å². The predicted molar refractivity (Wildman–Crippen MR) is 142 cm³/mol. The lowest BCUT2D eigenvalue weighted by Gasteiger charge is -2.15. The Kier molecular flexibility index (Phi) is 8.07. The molecule has 0 unspecified atom stereocenters. The van der Waals surface area contributed by atoms with Gasteiger partial charge in [-0.2, -0.15) is 5.01 Å². The molecule has 3 aromatic rings. The minimum Gasteiger partial charge on any atom is -0.490 e. The number of nitrogens with one attached hydrogen (secondary N) is 1. The SMILES string of the molecule is CCOc1cc(C=C2SC(=S)N(NC(=O)c3ccccc3)C2=O)ccc1OCc1ccccc1Cl. The summed E-state index contributed by atoms with van der Waals surface area (Å²) in [4.78, 5) is 25.8. The molecule has 0 aliphatic carbocycles. The Labute approximate surface area is 217 Å². The Balaban J connectivity index is 1.49. The van der Waals surface area contributed by atoms with Gasteiger partial charge in [0.2, 0.25) is 0 Å². The van der Waals surface area contributed by atoms with Crippen LogP contribution in [-0.4, -0.2) is 27.8 Å². The van der Waals surface area contributed by atoms with Crippen LogP contribution in [0.4, 0.5) is 0 Å². The lowest BCUT2D eigenvalue weighted by Crippen LogP contribution is -2.44. The van der Waals surface area contributed by atoms with Crippen LogP contribution in [0, 0.1) is 0 Å². The number of thioether (sulfide) groups is 1. The highest BCUT2D eigenvalue weighted by molar-refractivity contribution is 8.26. The van der Waals surface area contributed by atoms with Crippen molar-refractivity contribution in [1.82, 2.24) is 10.4 Å². The quantitative estimate of drug-likeness (QED) is 0.294. The number of hydrazine groups is 1. The second-order valence-electron chi connectivity index (χ2n) is 7.34. The number of benzene rings is 3. The first-order chi connectivity index (χ1) is 17.0. The Morgan fingerprint density at radius 2 is 1.80 bits per heavy atom. The summed E-state index contributed by atoms with van der Waals surface area (Å²) >= 11 is 12.7. The summed E-state index contributed by atoms with van der Waals surface area (Å²) in [6.45, 7) is 2.61. The van der Waals surface area contributed by atoms with Crippen LogP contribution < -0.4 is 14.9 Å². The highest BCUT2D eigenvalue weighted by Crippen LogP contribution is 2.35. The molecule has 0 bridgehead atoms. The Morgan fingerprint density at radius 1 is 1.06 bits per heavy atom. The van der Waals surface area contributed by atoms with E-state index in [-0.39, 0.29) is 4.32 Å². The molecule has 0 radical (unpaired) electrons. The highest BCUT2D eigenvalue weighted by Gasteiger charge is 2.33. The molecule has 4 rings (SSSR count). The zero-order valence-corrected chi connectivity index (χ0v) is 21.1. The van der Waals surface area contributed by atoms with Gasteiger partial charge in [-0.15, -0.1) is 0 Å². The summed E-state index contributed by atoms with van der Waals surface area (Å²) in [5, 5.41) is 1.72.